The van der Waals surface area contributed by atoms with Gasteiger partial charge in [0.2, 0.25) is 5.91 Å². The maximum Gasteiger partial charge on any atom is 0.275 e. The van der Waals surface area contributed by atoms with Crippen molar-refractivity contribution in [2.24, 2.45) is 10.7 Å². The summed E-state index contributed by atoms with van der Waals surface area (Å²) in [7, 11) is 0. The Balaban J connectivity index is 1.47. The highest BCUT2D eigenvalue weighted by Gasteiger charge is 2.51. The van der Waals surface area contributed by atoms with E-state index in [0.29, 0.717) is 24.2 Å². The van der Waals surface area contributed by atoms with Gasteiger partial charge in [-0.3, -0.25) is 14.5 Å². The van der Waals surface area contributed by atoms with Crippen molar-refractivity contribution in [1.29, 1.82) is 0 Å². The molecule has 4 atom stereocenters. The van der Waals surface area contributed by atoms with E-state index in [0.717, 1.165) is 24.8 Å². The van der Waals surface area contributed by atoms with E-state index in [1.165, 1.54) is 23.1 Å². The van der Waals surface area contributed by atoms with Crippen LogP contribution in [0.3, 0.4) is 0 Å². The number of nitrogens with zero attached hydrogens (tertiary/aromatic N) is 2. The minimum atomic E-state index is -3.20. The molecule has 10 heteroatoms. The molecule has 218 valence electrons. The molecule has 8 nitrogen and oxygen atoms in total. The van der Waals surface area contributed by atoms with Gasteiger partial charge in [-0.2, -0.15) is 0 Å². The molecular weight excluding hydrogens is 530 g/mol. The summed E-state index contributed by atoms with van der Waals surface area (Å²) in [4.78, 5) is 33.1. The minimum Gasteiger partial charge on any atom is -0.485 e. The number of aryl methyl sites for hydroxylation is 1. The highest BCUT2D eigenvalue weighted by molar-refractivity contribution is 6.00. The topological polar surface area (TPSA) is 117 Å². The van der Waals surface area contributed by atoms with Gasteiger partial charge in [0.1, 0.15) is 17.5 Å². The van der Waals surface area contributed by atoms with Crippen LogP contribution in [0.5, 0.6) is 5.75 Å². The van der Waals surface area contributed by atoms with E-state index in [9.17, 15) is 14.7 Å². The summed E-state index contributed by atoms with van der Waals surface area (Å²) >= 11 is 0. The maximum atomic E-state index is 15.2. The number of nitrogens with two attached hydrogens (primary N) is 1. The first kappa shape index (κ1) is 27.6. The Hall–Kier alpha value is -3.53. The van der Waals surface area contributed by atoms with Crippen molar-refractivity contribution in [1.82, 2.24) is 10.2 Å². The van der Waals surface area contributed by atoms with Crippen molar-refractivity contribution in [3.63, 3.8) is 0 Å². The van der Waals surface area contributed by atoms with Gasteiger partial charge in [0.25, 0.3) is 11.8 Å². The molecule has 2 aromatic rings. The lowest BCUT2D eigenvalue weighted by Gasteiger charge is -2.42. The van der Waals surface area contributed by atoms with Gasteiger partial charge in [-0.15, -0.1) is 0 Å². The number of ether oxygens (including phenoxy) is 1. The minimum absolute atomic E-state index is 0.0551. The number of aliphatic hydroxyl groups excluding tert-OH is 1. The maximum absolute atomic E-state index is 15.2. The number of benzene rings is 2. The third-order valence-corrected chi connectivity index (χ3v) is 9.29. The summed E-state index contributed by atoms with van der Waals surface area (Å²) in [5.74, 6) is -3.55. The van der Waals surface area contributed by atoms with E-state index in [1.54, 1.807) is 13.8 Å². The summed E-state index contributed by atoms with van der Waals surface area (Å²) in [6, 6.07) is 7.99. The largest absolute Gasteiger partial charge is 0.485 e. The Morgan fingerprint density at radius 1 is 1.15 bits per heavy atom. The van der Waals surface area contributed by atoms with Gasteiger partial charge < -0.3 is 20.9 Å². The molecule has 0 unspecified atom stereocenters. The normalized spacial score (nSPS) is 30.1. The number of guanidine groups is 1. The zero-order valence-corrected chi connectivity index (χ0v) is 23.5. The van der Waals surface area contributed by atoms with Gasteiger partial charge in [-0.05, 0) is 74.9 Å². The summed E-state index contributed by atoms with van der Waals surface area (Å²) in [6.07, 6.45) is 1.98. The van der Waals surface area contributed by atoms with Crippen LogP contribution < -0.4 is 15.8 Å². The zero-order valence-electron chi connectivity index (χ0n) is 23.5. The molecule has 0 fully saturated rings. The van der Waals surface area contributed by atoms with Gasteiger partial charge in [0.15, 0.2) is 5.96 Å². The number of hydrogen-bond acceptors (Lipinski definition) is 6. The fourth-order valence-electron chi connectivity index (χ4n) is 6.86. The average molecular weight is 567 g/mol. The summed E-state index contributed by atoms with van der Waals surface area (Å²) in [5.41, 5.74) is 6.49. The fraction of sp³-hybridized carbons (Fsp3) is 0.516. The molecule has 0 aromatic heterocycles. The van der Waals surface area contributed by atoms with Crippen LogP contribution in [0, 0.1) is 0 Å². The number of alkyl halides is 2. The Bertz CT molecular complexity index is 1460. The Kier molecular flexibility index (Phi) is 6.41. The highest BCUT2D eigenvalue weighted by atomic mass is 19.3. The Morgan fingerprint density at radius 3 is 2.66 bits per heavy atom. The summed E-state index contributed by atoms with van der Waals surface area (Å²) < 4.78 is 36.6. The number of hydrogen-bond donors (Lipinski definition) is 3. The third kappa shape index (κ3) is 4.56. The molecule has 4 aliphatic heterocycles. The van der Waals surface area contributed by atoms with Gasteiger partial charge >= 0.3 is 0 Å². The molecule has 41 heavy (non-hydrogen) atoms. The molecule has 4 N–H and O–H groups in total. The van der Waals surface area contributed by atoms with Gasteiger partial charge in [-0.1, -0.05) is 25.5 Å². The van der Waals surface area contributed by atoms with Gasteiger partial charge in [-0.25, -0.2) is 13.8 Å². The van der Waals surface area contributed by atoms with E-state index in [4.69, 9.17) is 15.5 Å². The summed E-state index contributed by atoms with van der Waals surface area (Å²) in [6.45, 7) is 5.47. The molecule has 0 radical (unpaired) electrons. The van der Waals surface area contributed by atoms with Gasteiger partial charge in [0, 0.05) is 23.1 Å². The second kappa shape index (κ2) is 9.51. The number of halogens is 2. The van der Waals surface area contributed by atoms with Crippen LogP contribution in [0.4, 0.5) is 8.78 Å². The number of carbonyl (C=O) groups excluding carboxylic acids is 2. The second-order valence-electron chi connectivity index (χ2n) is 12.4. The molecule has 4 heterocycles. The molecule has 5 aliphatic rings. The molecule has 0 saturated heterocycles. The number of nitrogens with one attached hydrogen (secondary N) is 1. The second-order valence-corrected chi connectivity index (χ2v) is 12.4. The van der Waals surface area contributed by atoms with Crippen molar-refractivity contribution in [2.45, 2.75) is 101 Å². The third-order valence-electron chi connectivity index (χ3n) is 9.29. The van der Waals surface area contributed by atoms with Crippen molar-refractivity contribution in [3.05, 3.63) is 64.2 Å². The fourth-order valence-corrected chi connectivity index (χ4v) is 6.86. The standard InChI is InChI=1S/C31H36F2N4O4/c1-4-30-12-6-5-7-17-8-11-23-20(13-17)25(26(39)29(2,3)41-23)35-27(40)18-9-10-21-19(14-18)22(15-31(21,32)33)37(24(38)16-30)28(34)36-30/h8-11,13-14,22,25-26,39H,4-7,12,15-16H2,1-3H3,(H2,34,36)(H,35,40)/t22-,25-,26+,30-/m1/s1. The van der Waals surface area contributed by atoms with Crippen LogP contribution in [0.15, 0.2) is 41.4 Å². The van der Waals surface area contributed by atoms with Crippen LogP contribution in [0.25, 0.3) is 0 Å². The molecule has 6 bridgehead atoms. The molecule has 0 spiro atoms. The van der Waals surface area contributed by atoms with Crippen molar-refractivity contribution >= 4 is 17.8 Å². The Morgan fingerprint density at radius 2 is 1.93 bits per heavy atom. The molecule has 0 saturated carbocycles. The first-order valence-electron chi connectivity index (χ1n) is 14.3. The number of carbonyl (C=O) groups is 2. The summed E-state index contributed by atoms with van der Waals surface area (Å²) in [5, 5.41) is 14.2. The lowest BCUT2D eigenvalue weighted by atomic mass is 9.83. The zero-order chi connectivity index (χ0) is 29.3. The monoisotopic (exact) mass is 566 g/mol. The van der Waals surface area contributed by atoms with Crippen molar-refractivity contribution in [3.8, 4) is 5.75 Å². The first-order chi connectivity index (χ1) is 19.3. The quantitative estimate of drug-likeness (QED) is 0.465. The van der Waals surface area contributed by atoms with Crippen molar-refractivity contribution < 1.29 is 28.2 Å². The Labute approximate surface area is 238 Å². The number of rotatable bonds is 1. The van der Waals surface area contributed by atoms with Gasteiger partial charge in [0.05, 0.1) is 24.0 Å². The number of fused-ring (bicyclic) bond motifs is 5. The van der Waals surface area contributed by atoms with Crippen LogP contribution in [-0.4, -0.2) is 45.0 Å². The average Bonchev–Trinajstić information content (AvgIpc) is 3.18. The lowest BCUT2D eigenvalue weighted by Crippen LogP contribution is -2.53. The smallest absolute Gasteiger partial charge is 0.275 e. The van der Waals surface area contributed by atoms with E-state index < -0.39 is 47.6 Å². The van der Waals surface area contributed by atoms with E-state index in [1.807, 2.05) is 25.1 Å². The molecule has 2 amide bonds. The molecule has 1 aliphatic carbocycles. The van der Waals surface area contributed by atoms with Crippen LogP contribution in [0.1, 0.15) is 104 Å². The first-order valence-corrected chi connectivity index (χ1v) is 14.3. The molecular formula is C31H36F2N4O4. The number of aliphatic imine (C=N–C) groups is 1. The predicted octanol–water partition coefficient (Wildman–Crippen LogP) is 4.65. The SMILES string of the molecule is CC[C@@]12CCCCc3ccc4c(c3)[C@@H](NC(=O)c3ccc5c(c3)[C@@H](CC5(F)F)N(C(=O)C1)C(N)=N2)[C@H](O)C(C)(C)O4. The van der Waals surface area contributed by atoms with E-state index >= 15 is 8.78 Å². The molecule has 7 rings (SSSR count). The number of amides is 2. The number of aliphatic hydroxyl groups is 1. The molecule has 2 aromatic carbocycles. The van der Waals surface area contributed by atoms with Crippen LogP contribution >= 0.6 is 0 Å². The predicted molar refractivity (Wildman–Crippen MR) is 149 cm³/mol. The van der Waals surface area contributed by atoms with Crippen molar-refractivity contribution in [2.75, 3.05) is 0 Å². The van der Waals surface area contributed by atoms with Crippen LogP contribution in [0.2, 0.25) is 0 Å². The van der Waals surface area contributed by atoms with Crippen LogP contribution in [-0.2, 0) is 17.1 Å². The van der Waals surface area contributed by atoms with E-state index in [-0.39, 0.29) is 35.0 Å². The van der Waals surface area contributed by atoms with E-state index in [2.05, 4.69) is 5.32 Å². The highest BCUT2D eigenvalue weighted by Crippen LogP contribution is 2.51. The lowest BCUT2D eigenvalue weighted by molar-refractivity contribution is -0.132.